The highest BCUT2D eigenvalue weighted by Crippen LogP contribution is 2.25. The summed E-state index contributed by atoms with van der Waals surface area (Å²) in [6.07, 6.45) is 1.38. The molecule has 0 aromatic heterocycles. The molecule has 2 aliphatic heterocycles. The summed E-state index contributed by atoms with van der Waals surface area (Å²) in [7, 11) is 1.67. The zero-order valence-corrected chi connectivity index (χ0v) is 10.8. The first-order valence-electron chi connectivity index (χ1n) is 6.42. The van der Waals surface area contributed by atoms with Gasteiger partial charge in [-0.3, -0.25) is 9.59 Å². The molecule has 5 heteroatoms. The number of nitrogens with one attached hydrogen (secondary N) is 1. The zero-order chi connectivity index (χ0) is 13.4. The van der Waals surface area contributed by atoms with Crippen molar-refractivity contribution in [3.8, 4) is 0 Å². The van der Waals surface area contributed by atoms with Gasteiger partial charge in [0, 0.05) is 31.5 Å². The molecule has 1 atom stereocenters. The van der Waals surface area contributed by atoms with Gasteiger partial charge < -0.3 is 15.0 Å². The van der Waals surface area contributed by atoms with Crippen LogP contribution < -0.4 is 5.32 Å². The molecular formula is C14H16N2O3. The van der Waals surface area contributed by atoms with E-state index < -0.39 is 0 Å². The summed E-state index contributed by atoms with van der Waals surface area (Å²) in [5.74, 6) is 0.00178. The average Bonchev–Trinajstić information content (AvgIpc) is 3.01. The maximum absolute atomic E-state index is 12.4. The number of methoxy groups -OCH3 is 1. The SMILES string of the molecule is COC1CCN(C(=O)c2ccc3c(c2)CC(=O)N3)C1. The quantitative estimate of drug-likeness (QED) is 0.864. The van der Waals surface area contributed by atoms with E-state index in [2.05, 4.69) is 5.32 Å². The van der Waals surface area contributed by atoms with Crippen molar-refractivity contribution in [1.29, 1.82) is 0 Å². The van der Waals surface area contributed by atoms with Crippen LogP contribution in [0.15, 0.2) is 18.2 Å². The molecule has 1 N–H and O–H groups in total. The molecule has 1 aromatic carbocycles. The van der Waals surface area contributed by atoms with Gasteiger partial charge in [0.2, 0.25) is 5.91 Å². The maximum Gasteiger partial charge on any atom is 0.253 e. The van der Waals surface area contributed by atoms with Crippen LogP contribution in [-0.4, -0.2) is 43.0 Å². The number of ether oxygens (including phenoxy) is 1. The van der Waals surface area contributed by atoms with Crippen molar-refractivity contribution in [2.24, 2.45) is 0 Å². The van der Waals surface area contributed by atoms with Crippen LogP contribution in [0.4, 0.5) is 5.69 Å². The largest absolute Gasteiger partial charge is 0.380 e. The molecule has 5 nitrogen and oxygen atoms in total. The number of likely N-dealkylation sites (tertiary alicyclic amines) is 1. The van der Waals surface area contributed by atoms with Gasteiger partial charge in [0.25, 0.3) is 5.91 Å². The van der Waals surface area contributed by atoms with E-state index in [1.54, 1.807) is 24.1 Å². The molecule has 2 aliphatic rings. The average molecular weight is 260 g/mol. The van der Waals surface area contributed by atoms with Gasteiger partial charge in [-0.1, -0.05) is 0 Å². The van der Waals surface area contributed by atoms with Gasteiger partial charge in [-0.25, -0.2) is 0 Å². The number of amides is 2. The molecule has 2 heterocycles. The Labute approximate surface area is 111 Å². The minimum atomic E-state index is -0.0137. The van der Waals surface area contributed by atoms with Gasteiger partial charge in [-0.2, -0.15) is 0 Å². The van der Waals surface area contributed by atoms with E-state index in [4.69, 9.17) is 4.74 Å². The Morgan fingerprint density at radius 2 is 2.32 bits per heavy atom. The molecule has 1 aromatic rings. The molecular weight excluding hydrogens is 244 g/mol. The first-order valence-corrected chi connectivity index (χ1v) is 6.42. The number of nitrogens with zero attached hydrogens (tertiary/aromatic N) is 1. The summed E-state index contributed by atoms with van der Waals surface area (Å²) >= 11 is 0. The lowest BCUT2D eigenvalue weighted by Gasteiger charge is -2.16. The van der Waals surface area contributed by atoms with Crippen LogP contribution in [0.3, 0.4) is 0 Å². The van der Waals surface area contributed by atoms with Crippen LogP contribution in [0.25, 0.3) is 0 Å². The summed E-state index contributed by atoms with van der Waals surface area (Å²) in [6.45, 7) is 1.37. The third kappa shape index (κ3) is 2.21. The van der Waals surface area contributed by atoms with Gasteiger partial charge in [0.15, 0.2) is 0 Å². The summed E-state index contributed by atoms with van der Waals surface area (Å²) < 4.78 is 5.27. The van der Waals surface area contributed by atoms with Crippen molar-refractivity contribution < 1.29 is 14.3 Å². The second kappa shape index (κ2) is 4.66. The molecule has 0 spiro atoms. The van der Waals surface area contributed by atoms with Gasteiger partial charge in [0.1, 0.15) is 0 Å². The molecule has 19 heavy (non-hydrogen) atoms. The van der Waals surface area contributed by atoms with Crippen LogP contribution in [0.5, 0.6) is 0 Å². The smallest absolute Gasteiger partial charge is 0.253 e. The Hall–Kier alpha value is -1.88. The minimum absolute atomic E-state index is 0.0137. The van der Waals surface area contributed by atoms with Gasteiger partial charge >= 0.3 is 0 Å². The topological polar surface area (TPSA) is 58.6 Å². The Morgan fingerprint density at radius 3 is 3.05 bits per heavy atom. The fourth-order valence-corrected chi connectivity index (χ4v) is 2.65. The lowest BCUT2D eigenvalue weighted by Crippen LogP contribution is -2.29. The highest BCUT2D eigenvalue weighted by atomic mass is 16.5. The predicted molar refractivity (Wildman–Crippen MR) is 70.1 cm³/mol. The molecule has 0 bridgehead atoms. The Kier molecular flexibility index (Phi) is 2.98. The van der Waals surface area contributed by atoms with E-state index in [1.165, 1.54) is 0 Å². The predicted octanol–water partition coefficient (Wildman–Crippen LogP) is 1.04. The molecule has 0 radical (unpaired) electrons. The highest BCUT2D eigenvalue weighted by molar-refractivity contribution is 6.01. The van der Waals surface area contributed by atoms with Crippen molar-refractivity contribution in [3.63, 3.8) is 0 Å². The van der Waals surface area contributed by atoms with Crippen molar-refractivity contribution in [3.05, 3.63) is 29.3 Å². The van der Waals surface area contributed by atoms with Crippen LogP contribution in [0.1, 0.15) is 22.3 Å². The molecule has 0 saturated carbocycles. The van der Waals surface area contributed by atoms with Gasteiger partial charge in [-0.05, 0) is 30.2 Å². The highest BCUT2D eigenvalue weighted by Gasteiger charge is 2.27. The third-order valence-corrected chi connectivity index (χ3v) is 3.74. The molecule has 1 fully saturated rings. The summed E-state index contributed by atoms with van der Waals surface area (Å²) in [5.41, 5.74) is 2.36. The van der Waals surface area contributed by atoms with E-state index in [-0.39, 0.29) is 17.9 Å². The summed E-state index contributed by atoms with van der Waals surface area (Å²) in [5, 5.41) is 2.77. The fraction of sp³-hybridized carbons (Fsp3) is 0.429. The number of anilines is 1. The van der Waals surface area contributed by atoms with E-state index in [0.717, 1.165) is 24.2 Å². The number of carbonyl (C=O) groups is 2. The van der Waals surface area contributed by atoms with Gasteiger partial charge in [-0.15, -0.1) is 0 Å². The molecule has 1 saturated heterocycles. The van der Waals surface area contributed by atoms with E-state index in [1.807, 2.05) is 6.07 Å². The number of fused-ring (bicyclic) bond motifs is 1. The lowest BCUT2D eigenvalue weighted by atomic mass is 10.1. The van der Waals surface area contributed by atoms with Crippen LogP contribution in [0.2, 0.25) is 0 Å². The second-order valence-electron chi connectivity index (χ2n) is 4.99. The monoisotopic (exact) mass is 260 g/mol. The number of benzene rings is 1. The zero-order valence-electron chi connectivity index (χ0n) is 10.8. The van der Waals surface area contributed by atoms with Crippen LogP contribution in [-0.2, 0) is 16.0 Å². The molecule has 100 valence electrons. The van der Waals surface area contributed by atoms with Crippen molar-refractivity contribution >= 4 is 17.5 Å². The lowest BCUT2D eigenvalue weighted by molar-refractivity contribution is -0.115. The second-order valence-corrected chi connectivity index (χ2v) is 4.99. The number of hydrogen-bond acceptors (Lipinski definition) is 3. The van der Waals surface area contributed by atoms with Crippen LogP contribution >= 0.6 is 0 Å². The fourth-order valence-electron chi connectivity index (χ4n) is 2.65. The number of carbonyl (C=O) groups excluding carboxylic acids is 2. The van der Waals surface area contributed by atoms with Crippen molar-refractivity contribution in [2.45, 2.75) is 18.9 Å². The van der Waals surface area contributed by atoms with E-state index >= 15 is 0 Å². The maximum atomic E-state index is 12.4. The Bertz CT molecular complexity index is 541. The van der Waals surface area contributed by atoms with Crippen molar-refractivity contribution in [2.75, 3.05) is 25.5 Å². The molecule has 2 amide bonds. The number of hydrogen-bond donors (Lipinski definition) is 1. The van der Waals surface area contributed by atoms with Crippen LogP contribution in [0, 0.1) is 0 Å². The molecule has 1 unspecified atom stereocenters. The van der Waals surface area contributed by atoms with E-state index in [0.29, 0.717) is 18.5 Å². The summed E-state index contributed by atoms with van der Waals surface area (Å²) in [4.78, 5) is 25.5. The first kappa shape index (κ1) is 12.2. The Balaban J connectivity index is 1.78. The number of rotatable bonds is 2. The molecule has 0 aliphatic carbocycles. The molecule has 3 rings (SSSR count). The third-order valence-electron chi connectivity index (χ3n) is 3.74. The Morgan fingerprint density at radius 1 is 1.47 bits per heavy atom. The van der Waals surface area contributed by atoms with Crippen molar-refractivity contribution in [1.82, 2.24) is 4.90 Å². The normalized spacial score (nSPS) is 21.4. The standard InChI is InChI=1S/C14H16N2O3/c1-19-11-4-5-16(8-11)14(18)9-2-3-12-10(6-9)7-13(17)15-12/h2-3,6,11H,4-5,7-8H2,1H3,(H,15,17). The van der Waals surface area contributed by atoms with Gasteiger partial charge in [0.05, 0.1) is 12.5 Å². The minimum Gasteiger partial charge on any atom is -0.380 e. The summed E-state index contributed by atoms with van der Waals surface area (Å²) in [6, 6.07) is 5.39. The first-order chi connectivity index (χ1) is 9.17. The van der Waals surface area contributed by atoms with E-state index in [9.17, 15) is 9.59 Å².